The molecule has 25 heavy (non-hydrogen) atoms. The van der Waals surface area contributed by atoms with Crippen molar-refractivity contribution in [3.8, 4) is 11.3 Å². The molecule has 0 aromatic carbocycles. The lowest BCUT2D eigenvalue weighted by Crippen LogP contribution is -2.38. The van der Waals surface area contributed by atoms with E-state index in [2.05, 4.69) is 26.2 Å². The topological polar surface area (TPSA) is 69.0 Å². The van der Waals surface area contributed by atoms with Crippen molar-refractivity contribution in [2.45, 2.75) is 12.6 Å². The minimum absolute atomic E-state index is 0.0324. The van der Waals surface area contributed by atoms with Gasteiger partial charge in [-0.15, -0.1) is 0 Å². The Hall–Kier alpha value is -2.64. The minimum atomic E-state index is -0.0324. The van der Waals surface area contributed by atoms with Crippen LogP contribution in [0.2, 0.25) is 0 Å². The van der Waals surface area contributed by atoms with E-state index in [4.69, 9.17) is 9.72 Å². The van der Waals surface area contributed by atoms with Gasteiger partial charge in [0.25, 0.3) is 0 Å². The van der Waals surface area contributed by atoms with Gasteiger partial charge in [0.1, 0.15) is 12.4 Å². The van der Waals surface area contributed by atoms with E-state index in [1.807, 2.05) is 36.1 Å². The fraction of sp³-hybridized carbons (Fsp3) is 0.333. The Morgan fingerprint density at radius 1 is 1.20 bits per heavy atom. The van der Waals surface area contributed by atoms with Crippen molar-refractivity contribution in [3.63, 3.8) is 0 Å². The van der Waals surface area contributed by atoms with Crippen LogP contribution in [0.1, 0.15) is 17.4 Å². The first kappa shape index (κ1) is 15.9. The predicted octanol–water partition coefficient (Wildman–Crippen LogP) is 1.85. The van der Waals surface area contributed by atoms with Crippen LogP contribution in [0.15, 0.2) is 49.3 Å². The van der Waals surface area contributed by atoms with Gasteiger partial charge in [0, 0.05) is 56.4 Å². The second kappa shape index (κ2) is 7.08. The van der Waals surface area contributed by atoms with Crippen LogP contribution in [0.4, 0.5) is 0 Å². The Morgan fingerprint density at radius 3 is 2.88 bits per heavy atom. The van der Waals surface area contributed by atoms with Gasteiger partial charge in [-0.1, -0.05) is 6.07 Å². The first-order valence-electron chi connectivity index (χ1n) is 8.32. The van der Waals surface area contributed by atoms with E-state index >= 15 is 0 Å². The highest BCUT2D eigenvalue weighted by Crippen LogP contribution is 2.24. The summed E-state index contributed by atoms with van der Waals surface area (Å²) in [6, 6.07) is 6.00. The first-order valence-corrected chi connectivity index (χ1v) is 8.32. The molecule has 0 spiro atoms. The third kappa shape index (κ3) is 3.72. The molecule has 3 aromatic rings. The van der Waals surface area contributed by atoms with Crippen LogP contribution in [-0.2, 0) is 18.3 Å². The van der Waals surface area contributed by atoms with Crippen molar-refractivity contribution < 1.29 is 4.74 Å². The normalized spacial score (nSPS) is 18.4. The second-order valence-corrected chi connectivity index (χ2v) is 6.19. The summed E-state index contributed by atoms with van der Waals surface area (Å²) >= 11 is 0. The maximum absolute atomic E-state index is 5.97. The molecular weight excluding hydrogens is 316 g/mol. The maximum atomic E-state index is 5.97. The van der Waals surface area contributed by atoms with Crippen molar-refractivity contribution in [2.75, 3.05) is 19.7 Å². The predicted molar refractivity (Wildman–Crippen MR) is 92.4 cm³/mol. The molecule has 1 fully saturated rings. The van der Waals surface area contributed by atoms with Crippen LogP contribution in [0.3, 0.4) is 0 Å². The summed E-state index contributed by atoms with van der Waals surface area (Å²) in [6.45, 7) is 3.31. The zero-order valence-corrected chi connectivity index (χ0v) is 14.1. The summed E-state index contributed by atoms with van der Waals surface area (Å²) in [4.78, 5) is 15.3. The number of aryl methyl sites for hydroxylation is 1. The van der Waals surface area contributed by atoms with Crippen LogP contribution in [0.5, 0.6) is 0 Å². The zero-order chi connectivity index (χ0) is 17.1. The number of aromatic nitrogens is 5. The van der Waals surface area contributed by atoms with Gasteiger partial charge < -0.3 is 4.74 Å². The Kier molecular flexibility index (Phi) is 4.49. The molecule has 1 atom stereocenters. The van der Waals surface area contributed by atoms with Crippen LogP contribution in [0, 0.1) is 0 Å². The SMILES string of the molecule is Cn1cc(CN2CCO[C@@H](c3cccc(-c4cncnc4)n3)C2)cn1. The first-order chi connectivity index (χ1) is 12.3. The number of hydrogen-bond donors (Lipinski definition) is 0. The lowest BCUT2D eigenvalue weighted by Gasteiger charge is -2.32. The molecule has 0 saturated carbocycles. The molecule has 4 heterocycles. The van der Waals surface area contributed by atoms with Gasteiger partial charge in [-0.3, -0.25) is 9.58 Å². The Balaban J connectivity index is 1.49. The molecule has 1 aliphatic heterocycles. The van der Waals surface area contributed by atoms with Crippen LogP contribution >= 0.6 is 0 Å². The van der Waals surface area contributed by atoms with E-state index in [1.165, 1.54) is 11.9 Å². The third-order valence-corrected chi connectivity index (χ3v) is 4.27. The van der Waals surface area contributed by atoms with E-state index in [1.54, 1.807) is 12.4 Å². The van der Waals surface area contributed by atoms with Gasteiger partial charge in [-0.05, 0) is 12.1 Å². The molecule has 1 saturated heterocycles. The van der Waals surface area contributed by atoms with E-state index in [9.17, 15) is 0 Å². The molecule has 0 radical (unpaired) electrons. The lowest BCUT2D eigenvalue weighted by atomic mass is 10.1. The monoisotopic (exact) mass is 336 g/mol. The van der Waals surface area contributed by atoms with Crippen molar-refractivity contribution in [2.24, 2.45) is 7.05 Å². The largest absolute Gasteiger partial charge is 0.369 e. The van der Waals surface area contributed by atoms with Gasteiger partial charge in [0.2, 0.25) is 0 Å². The molecule has 7 heteroatoms. The van der Waals surface area contributed by atoms with E-state index in [0.717, 1.165) is 36.6 Å². The molecule has 0 N–H and O–H groups in total. The highest BCUT2D eigenvalue weighted by molar-refractivity contribution is 5.56. The molecule has 128 valence electrons. The molecule has 4 rings (SSSR count). The van der Waals surface area contributed by atoms with Crippen LogP contribution in [0.25, 0.3) is 11.3 Å². The number of rotatable bonds is 4. The molecule has 0 aliphatic carbocycles. The summed E-state index contributed by atoms with van der Waals surface area (Å²) in [5.74, 6) is 0. The van der Waals surface area contributed by atoms with Crippen molar-refractivity contribution in [1.29, 1.82) is 0 Å². The number of ether oxygens (including phenoxy) is 1. The molecule has 0 bridgehead atoms. The standard InChI is InChI=1S/C18H20N6O/c1-23-10-14(7-21-23)11-24-5-6-25-18(12-24)17-4-2-3-16(22-17)15-8-19-13-20-9-15/h2-4,7-10,13,18H,5-6,11-12H2,1H3/t18-/m1/s1. The van der Waals surface area contributed by atoms with Gasteiger partial charge in [0.15, 0.2) is 0 Å². The van der Waals surface area contributed by atoms with Crippen molar-refractivity contribution in [1.82, 2.24) is 29.6 Å². The van der Waals surface area contributed by atoms with Crippen LogP contribution < -0.4 is 0 Å². The fourth-order valence-electron chi connectivity index (χ4n) is 3.06. The quantitative estimate of drug-likeness (QED) is 0.724. The van der Waals surface area contributed by atoms with Gasteiger partial charge in [-0.25, -0.2) is 15.0 Å². The molecule has 7 nitrogen and oxygen atoms in total. The molecule has 1 aliphatic rings. The second-order valence-electron chi connectivity index (χ2n) is 6.19. The van der Waals surface area contributed by atoms with Crippen molar-refractivity contribution >= 4 is 0 Å². The number of morpholine rings is 1. The Labute approximate surface area is 146 Å². The molecule has 0 unspecified atom stereocenters. The van der Waals surface area contributed by atoms with E-state index in [0.29, 0.717) is 6.61 Å². The van der Waals surface area contributed by atoms with Gasteiger partial charge in [0.05, 0.1) is 24.2 Å². The van der Waals surface area contributed by atoms with Crippen LogP contribution in [-0.4, -0.2) is 49.3 Å². The van der Waals surface area contributed by atoms with Crippen molar-refractivity contribution in [3.05, 3.63) is 60.6 Å². The Bertz CT molecular complexity index is 834. The molecular formula is C18H20N6O. The number of nitrogens with zero attached hydrogens (tertiary/aromatic N) is 6. The minimum Gasteiger partial charge on any atom is -0.369 e. The number of hydrogen-bond acceptors (Lipinski definition) is 6. The summed E-state index contributed by atoms with van der Waals surface area (Å²) in [5, 5.41) is 4.24. The third-order valence-electron chi connectivity index (χ3n) is 4.27. The molecule has 0 amide bonds. The summed E-state index contributed by atoms with van der Waals surface area (Å²) in [7, 11) is 1.94. The maximum Gasteiger partial charge on any atom is 0.115 e. The average molecular weight is 336 g/mol. The zero-order valence-electron chi connectivity index (χ0n) is 14.1. The highest BCUT2D eigenvalue weighted by Gasteiger charge is 2.23. The molecule has 3 aromatic heterocycles. The summed E-state index contributed by atoms with van der Waals surface area (Å²) in [6.07, 6.45) is 9.01. The summed E-state index contributed by atoms with van der Waals surface area (Å²) < 4.78 is 7.81. The highest BCUT2D eigenvalue weighted by atomic mass is 16.5. The fourth-order valence-corrected chi connectivity index (χ4v) is 3.06. The lowest BCUT2D eigenvalue weighted by molar-refractivity contribution is -0.0349. The van der Waals surface area contributed by atoms with E-state index in [-0.39, 0.29) is 6.10 Å². The van der Waals surface area contributed by atoms with Gasteiger partial charge in [-0.2, -0.15) is 5.10 Å². The average Bonchev–Trinajstić information content (AvgIpc) is 3.07. The summed E-state index contributed by atoms with van der Waals surface area (Å²) in [5.41, 5.74) is 3.93. The Morgan fingerprint density at radius 2 is 2.08 bits per heavy atom. The smallest absolute Gasteiger partial charge is 0.115 e. The number of pyridine rings is 1. The van der Waals surface area contributed by atoms with Gasteiger partial charge >= 0.3 is 0 Å². The van der Waals surface area contributed by atoms with E-state index < -0.39 is 0 Å².